The van der Waals surface area contributed by atoms with Crippen LogP contribution in [0.4, 0.5) is 23.0 Å². The zero-order valence-corrected chi connectivity index (χ0v) is 20.6. The molecule has 0 saturated heterocycles. The average molecular weight is 576 g/mol. The average Bonchev–Trinajstić information content (AvgIpc) is 2.74. The fraction of sp³-hybridized carbons (Fsp3) is 0.0625. The summed E-state index contributed by atoms with van der Waals surface area (Å²) in [5.74, 6) is -0.727. The van der Waals surface area contributed by atoms with E-state index in [0.29, 0.717) is 12.1 Å². The number of rotatable bonds is 7. The SMILES string of the molecule is N#CCSc1nc(N)c(/N=N/c2c(S(=O)(=O)O)ccc3c(S(=O)(=O)O)cc(S(=O)(=O)O)cc23)c(N)n1. The fourth-order valence-electron chi connectivity index (χ4n) is 2.85. The van der Waals surface area contributed by atoms with Gasteiger partial charge in [-0.25, -0.2) is 9.97 Å². The van der Waals surface area contributed by atoms with Gasteiger partial charge in [-0.1, -0.05) is 17.8 Å². The number of nitrogens with two attached hydrogens (primary N) is 2. The summed E-state index contributed by atoms with van der Waals surface area (Å²) < 4.78 is 99.8. The van der Waals surface area contributed by atoms with E-state index in [9.17, 15) is 38.9 Å². The van der Waals surface area contributed by atoms with Crippen molar-refractivity contribution in [3.8, 4) is 6.07 Å². The Labute approximate surface area is 207 Å². The number of azo groups is 1. The summed E-state index contributed by atoms with van der Waals surface area (Å²) in [5, 5.41) is 15.0. The minimum Gasteiger partial charge on any atom is -0.382 e. The molecular weight excluding hydrogens is 562 g/mol. The van der Waals surface area contributed by atoms with Crippen molar-refractivity contribution in [2.75, 3.05) is 17.2 Å². The zero-order chi connectivity index (χ0) is 27.1. The van der Waals surface area contributed by atoms with Crippen LogP contribution in [0.3, 0.4) is 0 Å². The molecular formula is C16H13N7O9S4. The van der Waals surface area contributed by atoms with Crippen molar-refractivity contribution in [2.45, 2.75) is 19.8 Å². The molecule has 0 aliphatic heterocycles. The van der Waals surface area contributed by atoms with Crippen LogP contribution < -0.4 is 11.5 Å². The van der Waals surface area contributed by atoms with Gasteiger partial charge in [-0.05, 0) is 18.2 Å². The number of thioether (sulfide) groups is 1. The molecule has 0 saturated carbocycles. The van der Waals surface area contributed by atoms with Crippen molar-refractivity contribution in [1.29, 1.82) is 5.26 Å². The third-order valence-electron chi connectivity index (χ3n) is 4.29. The van der Waals surface area contributed by atoms with Crippen molar-refractivity contribution >= 4 is 75.9 Å². The van der Waals surface area contributed by atoms with Crippen LogP contribution in [0.5, 0.6) is 0 Å². The van der Waals surface area contributed by atoms with E-state index >= 15 is 0 Å². The van der Waals surface area contributed by atoms with Gasteiger partial charge >= 0.3 is 0 Å². The highest BCUT2D eigenvalue weighted by molar-refractivity contribution is 7.99. The largest absolute Gasteiger partial charge is 0.382 e. The number of benzene rings is 2. The number of fused-ring (bicyclic) bond motifs is 1. The summed E-state index contributed by atoms with van der Waals surface area (Å²) in [7, 11) is -15.3. The highest BCUT2D eigenvalue weighted by Gasteiger charge is 2.26. The Morgan fingerprint density at radius 3 is 1.89 bits per heavy atom. The molecule has 0 fully saturated rings. The Hall–Kier alpha value is -3.45. The van der Waals surface area contributed by atoms with Crippen LogP contribution in [-0.4, -0.2) is 54.6 Å². The Bertz CT molecular complexity index is 1780. The van der Waals surface area contributed by atoms with E-state index in [0.717, 1.165) is 23.9 Å². The van der Waals surface area contributed by atoms with Gasteiger partial charge in [-0.3, -0.25) is 13.7 Å². The molecule has 1 aromatic heterocycles. The third-order valence-corrected chi connectivity index (χ3v) is 7.62. The number of aromatic nitrogens is 2. The monoisotopic (exact) mass is 575 g/mol. The van der Waals surface area contributed by atoms with E-state index in [1.54, 1.807) is 0 Å². The summed E-state index contributed by atoms with van der Waals surface area (Å²) in [4.78, 5) is 4.70. The van der Waals surface area contributed by atoms with E-state index in [1.807, 2.05) is 6.07 Å². The Morgan fingerprint density at radius 1 is 0.833 bits per heavy atom. The second-order valence-corrected chi connectivity index (χ2v) is 11.8. The molecule has 0 spiro atoms. The van der Waals surface area contributed by atoms with Gasteiger partial charge in [0.25, 0.3) is 30.4 Å². The van der Waals surface area contributed by atoms with Crippen LogP contribution in [0, 0.1) is 11.3 Å². The Kier molecular flexibility index (Phi) is 7.19. The number of hydrogen-bond acceptors (Lipinski definition) is 14. The summed E-state index contributed by atoms with van der Waals surface area (Å²) in [6, 6.07) is 4.49. The van der Waals surface area contributed by atoms with Crippen LogP contribution in [0.25, 0.3) is 10.8 Å². The van der Waals surface area contributed by atoms with E-state index in [-0.39, 0.29) is 28.2 Å². The maximum Gasteiger partial charge on any atom is 0.296 e. The first-order valence-corrected chi connectivity index (χ1v) is 14.2. The number of anilines is 2. The lowest BCUT2D eigenvalue weighted by molar-refractivity contribution is 0.480. The first kappa shape index (κ1) is 27.1. The van der Waals surface area contributed by atoms with Gasteiger partial charge in [-0.2, -0.15) is 30.5 Å². The lowest BCUT2D eigenvalue weighted by Crippen LogP contribution is -2.05. The molecule has 0 aliphatic rings. The van der Waals surface area contributed by atoms with Gasteiger partial charge in [0, 0.05) is 10.8 Å². The van der Waals surface area contributed by atoms with Crippen LogP contribution >= 0.6 is 11.8 Å². The zero-order valence-electron chi connectivity index (χ0n) is 17.3. The van der Waals surface area contributed by atoms with Gasteiger partial charge in [-0.15, -0.1) is 10.2 Å². The van der Waals surface area contributed by atoms with Crippen molar-refractivity contribution in [2.24, 2.45) is 10.2 Å². The maximum atomic E-state index is 12.0. The van der Waals surface area contributed by atoms with Crippen molar-refractivity contribution < 1.29 is 38.9 Å². The second kappa shape index (κ2) is 9.54. The van der Waals surface area contributed by atoms with Crippen molar-refractivity contribution in [3.63, 3.8) is 0 Å². The van der Waals surface area contributed by atoms with Gasteiger partial charge < -0.3 is 11.5 Å². The van der Waals surface area contributed by atoms with E-state index < -0.39 is 61.5 Å². The normalized spacial score (nSPS) is 12.7. The molecule has 36 heavy (non-hydrogen) atoms. The molecule has 20 heteroatoms. The first-order valence-electron chi connectivity index (χ1n) is 8.91. The van der Waals surface area contributed by atoms with Gasteiger partial charge in [0.15, 0.2) is 22.5 Å². The number of nitrogens with zero attached hydrogens (tertiary/aromatic N) is 5. The predicted octanol–water partition coefficient (Wildman–Crippen LogP) is 1.57. The summed E-state index contributed by atoms with van der Waals surface area (Å²) in [5.41, 5.74) is 10.4. The maximum absolute atomic E-state index is 12.0. The van der Waals surface area contributed by atoms with E-state index in [4.69, 9.17) is 16.7 Å². The molecule has 0 atom stereocenters. The lowest BCUT2D eigenvalue weighted by atomic mass is 10.1. The van der Waals surface area contributed by atoms with Crippen molar-refractivity contribution in [3.05, 3.63) is 24.3 Å². The van der Waals surface area contributed by atoms with Crippen LogP contribution in [0.2, 0.25) is 0 Å². The molecule has 0 amide bonds. The quantitative estimate of drug-likeness (QED) is 0.115. The van der Waals surface area contributed by atoms with E-state index in [2.05, 4.69) is 20.2 Å². The summed E-state index contributed by atoms with van der Waals surface area (Å²) in [6.07, 6.45) is 0. The smallest absolute Gasteiger partial charge is 0.296 e. The molecule has 190 valence electrons. The molecule has 0 unspecified atom stereocenters. The number of nitriles is 1. The molecule has 16 nitrogen and oxygen atoms in total. The minimum absolute atomic E-state index is 0.0184. The summed E-state index contributed by atoms with van der Waals surface area (Å²) in [6.45, 7) is 0. The highest BCUT2D eigenvalue weighted by Crippen LogP contribution is 2.39. The molecule has 0 radical (unpaired) electrons. The summed E-state index contributed by atoms with van der Waals surface area (Å²) >= 11 is 0.898. The highest BCUT2D eigenvalue weighted by atomic mass is 32.2. The molecule has 3 aromatic rings. The van der Waals surface area contributed by atoms with Gasteiger partial charge in [0.2, 0.25) is 0 Å². The molecule has 7 N–H and O–H groups in total. The first-order chi connectivity index (χ1) is 16.5. The molecule has 2 aromatic carbocycles. The second-order valence-electron chi connectivity index (χ2n) is 6.63. The standard InChI is InChI=1S/C16H13N7O9S4/c17-3-4-33-16-20-14(18)13(15(19)21-16)23-22-12-9-5-7(34(24,25)26)6-11(36(30,31)32)8(9)1-2-10(12)35(27,28)29/h1-2,5-6H,4H2,(H,24,25,26)(H,27,28,29)(H,30,31,32)(H4,18,19,20,21)/b23-22+. The van der Waals surface area contributed by atoms with Crippen LogP contribution in [0.1, 0.15) is 0 Å². The molecule has 3 rings (SSSR count). The fourth-order valence-corrected chi connectivity index (χ4v) is 5.34. The third kappa shape index (κ3) is 5.68. The number of nitrogen functional groups attached to an aromatic ring is 2. The van der Waals surface area contributed by atoms with Crippen molar-refractivity contribution in [1.82, 2.24) is 9.97 Å². The topological polar surface area (TPSA) is 289 Å². The number of hydrogen-bond donors (Lipinski definition) is 5. The minimum atomic E-state index is -5.12. The van der Waals surface area contributed by atoms with E-state index in [1.165, 1.54) is 0 Å². The van der Waals surface area contributed by atoms with Crippen LogP contribution in [0.15, 0.2) is 54.3 Å². The molecule has 1 heterocycles. The van der Waals surface area contributed by atoms with Crippen LogP contribution in [-0.2, 0) is 30.4 Å². The Morgan fingerprint density at radius 2 is 1.39 bits per heavy atom. The van der Waals surface area contributed by atoms with Gasteiger partial charge in [0.1, 0.15) is 15.5 Å². The Balaban J connectivity index is 2.40. The lowest BCUT2D eigenvalue weighted by Gasteiger charge is -2.11. The molecule has 0 bridgehead atoms. The molecule has 0 aliphatic carbocycles. The predicted molar refractivity (Wildman–Crippen MR) is 125 cm³/mol. The van der Waals surface area contributed by atoms with Gasteiger partial charge in [0.05, 0.1) is 16.7 Å².